The Kier molecular flexibility index (Phi) is 11.4. The van der Waals surface area contributed by atoms with E-state index in [1.54, 1.807) is 6.92 Å². The van der Waals surface area contributed by atoms with Crippen molar-refractivity contribution in [1.82, 2.24) is 0 Å². The van der Waals surface area contributed by atoms with Gasteiger partial charge in [-0.3, -0.25) is 4.79 Å². The standard InChI is InChI=1S/C10H14O2S.C2H6.CH3NO/c1-3-13(11,12)8-10-6-4-5-9(2)7-10;1-2;2-1-3/h4-7H,3,8H2,1-2H3;1-2H3;1H,(H2,2,3). The maximum Gasteiger partial charge on any atom is 0.204 e. The van der Waals surface area contributed by atoms with E-state index in [0.717, 1.165) is 11.1 Å². The molecule has 0 aliphatic carbocycles. The molecule has 0 fully saturated rings. The first-order valence-electron chi connectivity index (χ1n) is 5.86. The molecule has 0 heterocycles. The fourth-order valence-electron chi connectivity index (χ4n) is 1.16. The van der Waals surface area contributed by atoms with Gasteiger partial charge >= 0.3 is 0 Å². The van der Waals surface area contributed by atoms with Crippen LogP contribution in [0, 0.1) is 6.92 Å². The number of hydrogen-bond donors (Lipinski definition) is 1. The summed E-state index contributed by atoms with van der Waals surface area (Å²) in [5.74, 6) is 0.367. The van der Waals surface area contributed by atoms with E-state index in [0.29, 0.717) is 0 Å². The summed E-state index contributed by atoms with van der Waals surface area (Å²) >= 11 is 0. The molecule has 18 heavy (non-hydrogen) atoms. The summed E-state index contributed by atoms with van der Waals surface area (Å²) in [6.07, 6.45) is 0.250. The molecule has 104 valence electrons. The molecule has 0 aliphatic heterocycles. The van der Waals surface area contributed by atoms with Crippen molar-refractivity contribution in [3.8, 4) is 0 Å². The highest BCUT2D eigenvalue weighted by molar-refractivity contribution is 7.90. The van der Waals surface area contributed by atoms with Gasteiger partial charge in [-0.2, -0.15) is 0 Å². The van der Waals surface area contributed by atoms with Crippen molar-refractivity contribution >= 4 is 16.2 Å². The van der Waals surface area contributed by atoms with Gasteiger partial charge in [0.2, 0.25) is 6.41 Å². The molecule has 1 amide bonds. The molecule has 0 radical (unpaired) electrons. The number of carbonyl (C=O) groups is 1. The van der Waals surface area contributed by atoms with Gasteiger partial charge in [0.05, 0.1) is 5.75 Å². The zero-order valence-corrected chi connectivity index (χ0v) is 12.3. The zero-order chi connectivity index (χ0) is 14.6. The lowest BCUT2D eigenvalue weighted by Crippen LogP contribution is -2.06. The number of primary amides is 1. The number of sulfone groups is 1. The molecular formula is C13H23NO3S. The Hall–Kier alpha value is -1.36. The van der Waals surface area contributed by atoms with Gasteiger partial charge < -0.3 is 5.73 Å². The summed E-state index contributed by atoms with van der Waals surface area (Å²) in [7, 11) is -2.89. The average molecular weight is 273 g/mol. The highest BCUT2D eigenvalue weighted by Crippen LogP contribution is 2.08. The minimum atomic E-state index is -2.89. The van der Waals surface area contributed by atoms with Crippen molar-refractivity contribution in [1.29, 1.82) is 0 Å². The molecule has 5 heteroatoms. The number of rotatable bonds is 3. The average Bonchev–Trinajstić information content (AvgIpc) is 2.32. The van der Waals surface area contributed by atoms with Crippen LogP contribution in [-0.2, 0) is 20.4 Å². The molecule has 0 spiro atoms. The van der Waals surface area contributed by atoms with Gasteiger partial charge in [0.1, 0.15) is 0 Å². The SMILES string of the molecule is CC.CCS(=O)(=O)Cc1cccc(C)c1.NC=O. The summed E-state index contributed by atoms with van der Waals surface area (Å²) in [6.45, 7) is 7.63. The van der Waals surface area contributed by atoms with Crippen molar-refractivity contribution in [2.24, 2.45) is 5.73 Å². The van der Waals surface area contributed by atoms with E-state index in [2.05, 4.69) is 5.73 Å². The molecule has 4 nitrogen and oxygen atoms in total. The molecule has 0 unspecified atom stereocenters. The van der Waals surface area contributed by atoms with Crippen LogP contribution in [0.3, 0.4) is 0 Å². The summed E-state index contributed by atoms with van der Waals surface area (Å²) in [4.78, 5) is 8.58. The Labute approximate surface area is 110 Å². The van der Waals surface area contributed by atoms with Crippen LogP contribution in [0.4, 0.5) is 0 Å². The van der Waals surface area contributed by atoms with Gasteiger partial charge in [0.25, 0.3) is 0 Å². The quantitative estimate of drug-likeness (QED) is 0.856. The van der Waals surface area contributed by atoms with E-state index in [-0.39, 0.29) is 17.9 Å². The van der Waals surface area contributed by atoms with E-state index in [9.17, 15) is 8.42 Å². The Bertz CT molecular complexity index is 428. The van der Waals surface area contributed by atoms with Crippen LogP contribution < -0.4 is 5.73 Å². The van der Waals surface area contributed by atoms with Gasteiger partial charge in [-0.1, -0.05) is 50.6 Å². The first-order chi connectivity index (χ1) is 8.45. The summed E-state index contributed by atoms with van der Waals surface area (Å²) < 4.78 is 22.6. The topological polar surface area (TPSA) is 77.2 Å². The number of amides is 1. The van der Waals surface area contributed by atoms with Crippen molar-refractivity contribution < 1.29 is 13.2 Å². The summed E-state index contributed by atoms with van der Waals surface area (Å²) in [6, 6.07) is 7.60. The molecule has 0 aliphatic rings. The van der Waals surface area contributed by atoms with Gasteiger partial charge in [-0.25, -0.2) is 8.42 Å². The van der Waals surface area contributed by atoms with Crippen LogP contribution in [0.2, 0.25) is 0 Å². The van der Waals surface area contributed by atoms with Crippen LogP contribution >= 0.6 is 0 Å². The highest BCUT2D eigenvalue weighted by Gasteiger charge is 2.08. The molecule has 1 aromatic carbocycles. The highest BCUT2D eigenvalue weighted by atomic mass is 32.2. The minimum absolute atomic E-state index is 0.158. The second-order valence-corrected chi connectivity index (χ2v) is 5.65. The van der Waals surface area contributed by atoms with Crippen LogP contribution in [0.1, 0.15) is 31.9 Å². The summed E-state index contributed by atoms with van der Waals surface area (Å²) in [5.41, 5.74) is 6.14. The lowest BCUT2D eigenvalue weighted by Gasteiger charge is -2.02. The first-order valence-corrected chi connectivity index (χ1v) is 7.68. The van der Waals surface area contributed by atoms with Crippen LogP contribution in [0.25, 0.3) is 0 Å². The van der Waals surface area contributed by atoms with Crippen LogP contribution in [0.5, 0.6) is 0 Å². The third-order valence-electron chi connectivity index (χ3n) is 1.91. The smallest absolute Gasteiger partial charge is 0.204 e. The largest absolute Gasteiger partial charge is 0.372 e. The van der Waals surface area contributed by atoms with Crippen molar-refractivity contribution in [3.05, 3.63) is 35.4 Å². The number of hydrogen-bond acceptors (Lipinski definition) is 3. The Morgan fingerprint density at radius 3 is 2.17 bits per heavy atom. The lowest BCUT2D eigenvalue weighted by molar-refractivity contribution is -0.106. The predicted molar refractivity (Wildman–Crippen MR) is 75.9 cm³/mol. The lowest BCUT2D eigenvalue weighted by atomic mass is 10.2. The monoisotopic (exact) mass is 273 g/mol. The second kappa shape index (κ2) is 10.8. The molecule has 1 aromatic rings. The zero-order valence-electron chi connectivity index (χ0n) is 11.5. The molecule has 1 rings (SSSR count). The predicted octanol–water partition coefficient (Wildman–Crippen LogP) is 2.06. The Morgan fingerprint density at radius 1 is 1.28 bits per heavy atom. The molecule has 2 N–H and O–H groups in total. The van der Waals surface area contributed by atoms with E-state index in [4.69, 9.17) is 4.79 Å². The number of benzene rings is 1. The fraction of sp³-hybridized carbons (Fsp3) is 0.462. The molecule has 0 aromatic heterocycles. The van der Waals surface area contributed by atoms with Gasteiger partial charge in [0, 0.05) is 5.75 Å². The van der Waals surface area contributed by atoms with E-state index in [1.807, 2.05) is 45.0 Å². The normalized spacial score (nSPS) is 9.33. The van der Waals surface area contributed by atoms with Crippen LogP contribution in [0.15, 0.2) is 24.3 Å². The third-order valence-corrected chi connectivity index (χ3v) is 3.56. The van der Waals surface area contributed by atoms with Gasteiger partial charge in [-0.05, 0) is 12.5 Å². The number of nitrogens with two attached hydrogens (primary N) is 1. The fourth-order valence-corrected chi connectivity index (χ4v) is 2.05. The van der Waals surface area contributed by atoms with E-state index < -0.39 is 9.84 Å². The van der Waals surface area contributed by atoms with E-state index >= 15 is 0 Å². The van der Waals surface area contributed by atoms with Crippen molar-refractivity contribution in [3.63, 3.8) is 0 Å². The Morgan fingerprint density at radius 2 is 1.78 bits per heavy atom. The van der Waals surface area contributed by atoms with Gasteiger partial charge in [0.15, 0.2) is 9.84 Å². The number of aryl methyl sites for hydroxylation is 1. The maximum absolute atomic E-state index is 11.3. The minimum Gasteiger partial charge on any atom is -0.372 e. The maximum atomic E-state index is 11.3. The molecule has 0 saturated carbocycles. The second-order valence-electron chi connectivity index (χ2n) is 3.30. The molecule has 0 bridgehead atoms. The van der Waals surface area contributed by atoms with E-state index in [1.165, 1.54) is 0 Å². The Balaban J connectivity index is 0. The van der Waals surface area contributed by atoms with Crippen molar-refractivity contribution in [2.45, 2.75) is 33.4 Å². The summed E-state index contributed by atoms with van der Waals surface area (Å²) in [5, 5.41) is 0. The van der Waals surface area contributed by atoms with Crippen LogP contribution in [-0.4, -0.2) is 20.6 Å². The number of carbonyl (C=O) groups excluding carboxylic acids is 1. The van der Waals surface area contributed by atoms with Crippen molar-refractivity contribution in [2.75, 3.05) is 5.75 Å². The first kappa shape index (κ1) is 19.0. The van der Waals surface area contributed by atoms with Gasteiger partial charge in [-0.15, -0.1) is 0 Å². The molecule has 0 atom stereocenters. The molecule has 0 saturated heterocycles. The molecular weight excluding hydrogens is 250 g/mol. The third kappa shape index (κ3) is 9.84.